The monoisotopic (exact) mass is 127 g/mol. The molecule has 0 heterocycles. The third kappa shape index (κ3) is 2.34. The van der Waals surface area contributed by atoms with Crippen molar-refractivity contribution in [2.75, 3.05) is 7.11 Å². The molecule has 0 saturated heterocycles. The summed E-state index contributed by atoms with van der Waals surface area (Å²) in [5.41, 5.74) is 0. The predicted octanol–water partition coefficient (Wildman–Crippen LogP) is 0.125. The molecule has 0 aliphatic rings. The molecule has 0 aromatic rings. The fraction of sp³-hybridized carbons (Fsp3) is 0.200. The summed E-state index contributed by atoms with van der Waals surface area (Å²) in [6, 6.07) is 1.47. The van der Waals surface area contributed by atoms with E-state index in [2.05, 4.69) is 4.74 Å². The highest BCUT2D eigenvalue weighted by Gasteiger charge is 2.04. The van der Waals surface area contributed by atoms with Crippen molar-refractivity contribution in [3.63, 3.8) is 0 Å². The maximum atomic E-state index is 10.2. The molecule has 1 N–H and O–H groups in total. The number of ether oxygens (including phenoxy) is 1. The molecule has 0 aliphatic heterocycles. The molecule has 0 spiro atoms. The highest BCUT2D eigenvalue weighted by Crippen LogP contribution is 1.88. The van der Waals surface area contributed by atoms with Gasteiger partial charge < -0.3 is 9.84 Å². The van der Waals surface area contributed by atoms with E-state index >= 15 is 0 Å². The molecule has 0 unspecified atom stereocenters. The van der Waals surface area contributed by atoms with Crippen LogP contribution in [-0.4, -0.2) is 18.2 Å². The van der Waals surface area contributed by atoms with Gasteiger partial charge in [0.2, 0.25) is 5.76 Å². The van der Waals surface area contributed by atoms with Crippen molar-refractivity contribution in [2.24, 2.45) is 0 Å². The minimum Gasteiger partial charge on any atom is -0.501 e. The van der Waals surface area contributed by atoms with Crippen molar-refractivity contribution < 1.29 is 14.6 Å². The molecule has 0 radical (unpaired) electrons. The zero-order chi connectivity index (χ0) is 7.28. The van der Waals surface area contributed by atoms with Crippen LogP contribution in [0.15, 0.2) is 11.8 Å². The summed E-state index contributed by atoms with van der Waals surface area (Å²) in [6.45, 7) is 0. The highest BCUT2D eigenvalue weighted by atomic mass is 16.5. The lowest BCUT2D eigenvalue weighted by Gasteiger charge is -1.91. The van der Waals surface area contributed by atoms with Crippen LogP contribution in [0.3, 0.4) is 0 Å². The summed E-state index contributed by atoms with van der Waals surface area (Å²) >= 11 is 0. The third-order valence-corrected chi connectivity index (χ3v) is 0.596. The number of esters is 1. The van der Waals surface area contributed by atoms with Crippen molar-refractivity contribution >= 4 is 5.97 Å². The number of allylic oxidation sites excluding steroid dienone is 1. The van der Waals surface area contributed by atoms with Crippen molar-refractivity contribution in [1.29, 1.82) is 5.26 Å². The van der Waals surface area contributed by atoms with Crippen LogP contribution >= 0.6 is 0 Å². The van der Waals surface area contributed by atoms with E-state index in [0.717, 1.165) is 7.11 Å². The summed E-state index contributed by atoms with van der Waals surface area (Å²) in [4.78, 5) is 10.2. The van der Waals surface area contributed by atoms with Crippen LogP contribution in [0.4, 0.5) is 0 Å². The normalized spacial score (nSPS) is 10.0. The minimum absolute atomic E-state index is 0.681. The Hall–Kier alpha value is -1.50. The SMILES string of the molecule is COC(=O)/C(O)=C/C#N. The summed E-state index contributed by atoms with van der Waals surface area (Å²) in [5, 5.41) is 16.4. The van der Waals surface area contributed by atoms with Gasteiger partial charge in [-0.3, -0.25) is 0 Å². The van der Waals surface area contributed by atoms with Crippen LogP contribution in [0, 0.1) is 11.3 Å². The first kappa shape index (κ1) is 7.50. The second-order valence-electron chi connectivity index (χ2n) is 1.15. The molecule has 4 heteroatoms. The molecule has 0 atom stereocenters. The summed E-state index contributed by atoms with van der Waals surface area (Å²) in [5.74, 6) is -1.59. The van der Waals surface area contributed by atoms with Gasteiger partial charge in [0.05, 0.1) is 19.3 Å². The molecule has 4 nitrogen and oxygen atoms in total. The number of carbonyl (C=O) groups is 1. The summed E-state index contributed by atoms with van der Waals surface area (Å²) in [7, 11) is 1.11. The summed E-state index contributed by atoms with van der Waals surface area (Å²) < 4.78 is 4.06. The standard InChI is InChI=1S/C5H5NO3/c1-9-5(8)4(7)2-3-6/h2,7H,1H3/b4-2-. The van der Waals surface area contributed by atoms with E-state index in [-0.39, 0.29) is 0 Å². The number of nitrogens with zero attached hydrogens (tertiary/aromatic N) is 1. The Kier molecular flexibility index (Phi) is 2.91. The van der Waals surface area contributed by atoms with Gasteiger partial charge in [-0.2, -0.15) is 5.26 Å². The molecule has 0 bridgehead atoms. The molecule has 9 heavy (non-hydrogen) atoms. The van der Waals surface area contributed by atoms with Gasteiger partial charge in [0.15, 0.2) is 0 Å². The Balaban J connectivity index is 4.07. The largest absolute Gasteiger partial charge is 0.501 e. The Morgan fingerprint density at radius 1 is 1.89 bits per heavy atom. The molecule has 0 rings (SSSR count). The van der Waals surface area contributed by atoms with E-state index < -0.39 is 11.7 Å². The second kappa shape index (κ2) is 3.50. The molecule has 0 aromatic heterocycles. The van der Waals surface area contributed by atoms with E-state index in [1.807, 2.05) is 0 Å². The van der Waals surface area contributed by atoms with Crippen molar-refractivity contribution in [1.82, 2.24) is 0 Å². The van der Waals surface area contributed by atoms with Gasteiger partial charge in [-0.05, 0) is 0 Å². The van der Waals surface area contributed by atoms with Crippen molar-refractivity contribution in [3.8, 4) is 6.07 Å². The number of methoxy groups -OCH3 is 1. The number of aliphatic hydroxyl groups excluding tert-OH is 1. The van der Waals surface area contributed by atoms with Crippen LogP contribution in [-0.2, 0) is 9.53 Å². The molecule has 0 saturated carbocycles. The highest BCUT2D eigenvalue weighted by molar-refractivity contribution is 5.85. The lowest BCUT2D eigenvalue weighted by Crippen LogP contribution is -2.02. The summed E-state index contributed by atoms with van der Waals surface area (Å²) in [6.07, 6.45) is 0.700. The smallest absolute Gasteiger partial charge is 0.373 e. The minimum atomic E-state index is -0.906. The molecule has 0 aliphatic carbocycles. The number of hydrogen-bond donors (Lipinski definition) is 1. The van der Waals surface area contributed by atoms with Crippen LogP contribution in [0.5, 0.6) is 0 Å². The molecule has 0 fully saturated rings. The topological polar surface area (TPSA) is 70.3 Å². The van der Waals surface area contributed by atoms with Gasteiger partial charge >= 0.3 is 5.97 Å². The fourth-order valence-corrected chi connectivity index (χ4v) is 0.225. The maximum Gasteiger partial charge on any atom is 0.373 e. The first-order valence-corrected chi connectivity index (χ1v) is 2.09. The zero-order valence-electron chi connectivity index (χ0n) is 4.79. The quantitative estimate of drug-likeness (QED) is 0.235. The van der Waals surface area contributed by atoms with Crippen LogP contribution in [0.1, 0.15) is 0 Å². The Labute approximate surface area is 52.0 Å². The Morgan fingerprint density at radius 2 is 2.44 bits per heavy atom. The van der Waals surface area contributed by atoms with E-state index in [9.17, 15) is 4.79 Å². The number of aliphatic hydroxyl groups is 1. The van der Waals surface area contributed by atoms with Gasteiger partial charge in [0.25, 0.3) is 0 Å². The number of carbonyl (C=O) groups excluding carboxylic acids is 1. The average molecular weight is 127 g/mol. The second-order valence-corrected chi connectivity index (χ2v) is 1.15. The van der Waals surface area contributed by atoms with Crippen molar-refractivity contribution in [3.05, 3.63) is 11.8 Å². The number of hydrogen-bond acceptors (Lipinski definition) is 4. The lowest BCUT2D eigenvalue weighted by atomic mass is 10.5. The van der Waals surface area contributed by atoms with Gasteiger partial charge in [0, 0.05) is 0 Å². The average Bonchev–Trinajstić information content (AvgIpc) is 1.87. The first-order chi connectivity index (χ1) is 4.22. The predicted molar refractivity (Wildman–Crippen MR) is 28.3 cm³/mol. The van der Waals surface area contributed by atoms with Gasteiger partial charge in [-0.25, -0.2) is 4.79 Å². The van der Waals surface area contributed by atoms with Crippen LogP contribution in [0.25, 0.3) is 0 Å². The number of rotatable bonds is 1. The van der Waals surface area contributed by atoms with E-state index in [1.54, 1.807) is 0 Å². The van der Waals surface area contributed by atoms with E-state index in [0.29, 0.717) is 6.08 Å². The fourth-order valence-electron chi connectivity index (χ4n) is 0.225. The first-order valence-electron chi connectivity index (χ1n) is 2.09. The van der Waals surface area contributed by atoms with Crippen molar-refractivity contribution in [2.45, 2.75) is 0 Å². The van der Waals surface area contributed by atoms with Gasteiger partial charge in [0.1, 0.15) is 0 Å². The molecule has 48 valence electrons. The Bertz CT molecular complexity index is 177. The molecule has 0 aromatic carbocycles. The Morgan fingerprint density at radius 3 is 2.78 bits per heavy atom. The maximum absolute atomic E-state index is 10.2. The van der Waals surface area contributed by atoms with E-state index in [1.165, 1.54) is 6.07 Å². The van der Waals surface area contributed by atoms with Crippen LogP contribution < -0.4 is 0 Å². The zero-order valence-corrected chi connectivity index (χ0v) is 4.79. The molecular weight excluding hydrogens is 122 g/mol. The lowest BCUT2D eigenvalue weighted by molar-refractivity contribution is -0.139. The molecular formula is C5H5NO3. The van der Waals surface area contributed by atoms with Gasteiger partial charge in [-0.1, -0.05) is 0 Å². The number of nitriles is 1. The van der Waals surface area contributed by atoms with E-state index in [4.69, 9.17) is 10.4 Å². The van der Waals surface area contributed by atoms with Gasteiger partial charge in [-0.15, -0.1) is 0 Å². The molecule has 0 amide bonds. The van der Waals surface area contributed by atoms with Crippen LogP contribution in [0.2, 0.25) is 0 Å². The third-order valence-electron chi connectivity index (χ3n) is 0.596.